The van der Waals surface area contributed by atoms with Crippen molar-refractivity contribution in [2.75, 3.05) is 13.1 Å². The lowest BCUT2D eigenvalue weighted by Gasteiger charge is -2.32. The van der Waals surface area contributed by atoms with Crippen LogP contribution in [0.25, 0.3) is 11.4 Å². The number of hydrogen-bond donors (Lipinski definition) is 0. The van der Waals surface area contributed by atoms with Crippen molar-refractivity contribution in [3.63, 3.8) is 0 Å². The molecular formula is C22H21FN4O4. The predicted molar refractivity (Wildman–Crippen MR) is 107 cm³/mol. The molecule has 0 saturated carbocycles. The number of carbonyl (C=O) groups excluding carboxylic acids is 2. The second-order valence-electron chi connectivity index (χ2n) is 7.37. The molecule has 1 amide bonds. The smallest absolute Gasteiger partial charge is 0.311 e. The summed E-state index contributed by atoms with van der Waals surface area (Å²) in [6.07, 6.45) is 3.81. The molecule has 9 heteroatoms. The summed E-state index contributed by atoms with van der Waals surface area (Å²) >= 11 is 0. The van der Waals surface area contributed by atoms with Gasteiger partial charge in [0.15, 0.2) is 6.10 Å². The molecule has 31 heavy (non-hydrogen) atoms. The number of pyridine rings is 1. The largest absolute Gasteiger partial charge is 0.452 e. The van der Waals surface area contributed by atoms with Crippen molar-refractivity contribution in [3.05, 3.63) is 66.1 Å². The van der Waals surface area contributed by atoms with Crippen molar-refractivity contribution in [2.45, 2.75) is 25.9 Å². The minimum atomic E-state index is -0.728. The molecule has 160 valence electrons. The number of ether oxygens (including phenoxy) is 1. The number of nitrogens with zero attached hydrogens (tertiary/aromatic N) is 4. The Kier molecular flexibility index (Phi) is 6.01. The highest BCUT2D eigenvalue weighted by Crippen LogP contribution is 2.24. The van der Waals surface area contributed by atoms with Gasteiger partial charge in [-0.1, -0.05) is 5.16 Å². The lowest BCUT2D eigenvalue weighted by molar-refractivity contribution is -0.156. The number of carbonyl (C=O) groups is 2. The van der Waals surface area contributed by atoms with Crippen molar-refractivity contribution in [3.8, 4) is 11.4 Å². The number of esters is 1. The van der Waals surface area contributed by atoms with Crippen LogP contribution in [-0.4, -0.2) is 45.0 Å². The zero-order valence-corrected chi connectivity index (χ0v) is 16.9. The van der Waals surface area contributed by atoms with Gasteiger partial charge in [0.1, 0.15) is 5.82 Å². The lowest BCUT2D eigenvalue weighted by Crippen LogP contribution is -2.43. The highest BCUT2D eigenvalue weighted by molar-refractivity contribution is 5.94. The monoisotopic (exact) mass is 424 g/mol. The molecule has 0 radical (unpaired) electrons. The van der Waals surface area contributed by atoms with Crippen LogP contribution < -0.4 is 0 Å². The van der Waals surface area contributed by atoms with Gasteiger partial charge in [0, 0.05) is 36.6 Å². The Hall–Kier alpha value is -3.62. The Morgan fingerprint density at radius 1 is 1.26 bits per heavy atom. The summed E-state index contributed by atoms with van der Waals surface area (Å²) < 4.78 is 23.9. The average Bonchev–Trinajstić information content (AvgIpc) is 3.30. The summed E-state index contributed by atoms with van der Waals surface area (Å²) in [4.78, 5) is 35.3. The summed E-state index contributed by atoms with van der Waals surface area (Å²) in [7, 11) is 0. The standard InChI is InChI=1S/C22H21FN4O4/c1-14(20-25-19(26-31-20)16-4-2-10-24-12-16)30-22(29)17-5-3-11-27(13-17)21(28)15-6-8-18(23)9-7-15/h2,4,6-10,12,14,17H,3,5,11,13H2,1H3. The van der Waals surface area contributed by atoms with Gasteiger partial charge in [0.05, 0.1) is 5.92 Å². The molecule has 4 rings (SSSR count). The molecule has 3 heterocycles. The van der Waals surface area contributed by atoms with Crippen LogP contribution in [0.15, 0.2) is 53.3 Å². The van der Waals surface area contributed by atoms with Gasteiger partial charge in [-0.05, 0) is 56.2 Å². The number of likely N-dealkylation sites (tertiary alicyclic amines) is 1. The number of amides is 1. The van der Waals surface area contributed by atoms with E-state index in [2.05, 4.69) is 15.1 Å². The maximum Gasteiger partial charge on any atom is 0.311 e. The maximum atomic E-state index is 13.1. The minimum absolute atomic E-state index is 0.183. The molecule has 2 unspecified atom stereocenters. The topological polar surface area (TPSA) is 98.4 Å². The van der Waals surface area contributed by atoms with Crippen LogP contribution in [-0.2, 0) is 9.53 Å². The third-order valence-corrected chi connectivity index (χ3v) is 5.14. The molecule has 0 spiro atoms. The molecule has 1 fully saturated rings. The van der Waals surface area contributed by atoms with Gasteiger partial charge in [-0.3, -0.25) is 14.6 Å². The second-order valence-corrected chi connectivity index (χ2v) is 7.37. The van der Waals surface area contributed by atoms with E-state index < -0.39 is 23.8 Å². The molecule has 0 bridgehead atoms. The van der Waals surface area contributed by atoms with Gasteiger partial charge in [0.25, 0.3) is 11.8 Å². The highest BCUT2D eigenvalue weighted by atomic mass is 19.1. The summed E-state index contributed by atoms with van der Waals surface area (Å²) in [6.45, 7) is 2.43. The van der Waals surface area contributed by atoms with Gasteiger partial charge in [-0.2, -0.15) is 4.98 Å². The molecule has 2 atom stereocenters. The number of piperidine rings is 1. The van der Waals surface area contributed by atoms with Gasteiger partial charge >= 0.3 is 5.97 Å². The Labute approximate surface area is 178 Å². The molecule has 1 aliphatic rings. The summed E-state index contributed by atoms with van der Waals surface area (Å²) in [5, 5.41) is 3.91. The van der Waals surface area contributed by atoms with Gasteiger partial charge in [-0.15, -0.1) is 0 Å². The number of halogens is 1. The molecular weight excluding hydrogens is 403 g/mol. The average molecular weight is 424 g/mol. The van der Waals surface area contributed by atoms with Crippen molar-refractivity contribution < 1.29 is 23.2 Å². The van der Waals surface area contributed by atoms with Crippen molar-refractivity contribution in [1.29, 1.82) is 0 Å². The van der Waals surface area contributed by atoms with Crippen LogP contribution >= 0.6 is 0 Å². The van der Waals surface area contributed by atoms with Crippen LogP contribution in [0.5, 0.6) is 0 Å². The quantitative estimate of drug-likeness (QED) is 0.579. The number of aromatic nitrogens is 3. The van der Waals surface area contributed by atoms with E-state index in [0.29, 0.717) is 36.3 Å². The molecule has 2 aromatic heterocycles. The summed E-state index contributed by atoms with van der Waals surface area (Å²) in [5.41, 5.74) is 1.08. The molecule has 0 N–H and O–H groups in total. The maximum absolute atomic E-state index is 13.1. The van der Waals surface area contributed by atoms with E-state index in [0.717, 1.165) is 0 Å². The lowest BCUT2D eigenvalue weighted by atomic mass is 9.97. The molecule has 1 aromatic carbocycles. The Balaban J connectivity index is 1.37. The van der Waals surface area contributed by atoms with Crippen LogP contribution in [0.3, 0.4) is 0 Å². The third kappa shape index (κ3) is 4.76. The number of benzene rings is 1. The fourth-order valence-electron chi connectivity index (χ4n) is 3.46. The number of hydrogen-bond acceptors (Lipinski definition) is 7. The second kappa shape index (κ2) is 9.03. The van der Waals surface area contributed by atoms with Gasteiger partial charge in [-0.25, -0.2) is 4.39 Å². The zero-order valence-electron chi connectivity index (χ0n) is 16.9. The van der Waals surface area contributed by atoms with Crippen molar-refractivity contribution >= 4 is 11.9 Å². The fraction of sp³-hybridized carbons (Fsp3) is 0.318. The van der Waals surface area contributed by atoms with E-state index in [1.54, 1.807) is 36.4 Å². The first kappa shape index (κ1) is 20.6. The van der Waals surface area contributed by atoms with E-state index in [-0.39, 0.29) is 18.3 Å². The fourth-order valence-corrected chi connectivity index (χ4v) is 3.46. The minimum Gasteiger partial charge on any atom is -0.452 e. The van der Waals surface area contributed by atoms with E-state index >= 15 is 0 Å². The molecule has 1 aliphatic heterocycles. The van der Waals surface area contributed by atoms with E-state index in [1.807, 2.05) is 0 Å². The Bertz CT molecular complexity index is 1050. The molecule has 8 nitrogen and oxygen atoms in total. The Morgan fingerprint density at radius 2 is 2.06 bits per heavy atom. The first-order valence-corrected chi connectivity index (χ1v) is 10.0. The summed E-state index contributed by atoms with van der Waals surface area (Å²) in [6, 6.07) is 8.93. The Morgan fingerprint density at radius 3 is 2.81 bits per heavy atom. The first-order chi connectivity index (χ1) is 15.0. The van der Waals surface area contributed by atoms with Crippen LogP contribution in [0, 0.1) is 11.7 Å². The SMILES string of the molecule is CC(OC(=O)C1CCCN(C(=O)c2ccc(F)cc2)C1)c1nc(-c2cccnc2)no1. The van der Waals surface area contributed by atoms with Crippen LogP contribution in [0.2, 0.25) is 0 Å². The van der Waals surface area contributed by atoms with E-state index in [9.17, 15) is 14.0 Å². The van der Waals surface area contributed by atoms with Gasteiger partial charge < -0.3 is 14.2 Å². The van der Waals surface area contributed by atoms with Crippen molar-refractivity contribution in [1.82, 2.24) is 20.0 Å². The van der Waals surface area contributed by atoms with Crippen molar-refractivity contribution in [2.24, 2.45) is 5.92 Å². The highest BCUT2D eigenvalue weighted by Gasteiger charge is 2.32. The first-order valence-electron chi connectivity index (χ1n) is 10.0. The van der Waals surface area contributed by atoms with E-state index in [1.165, 1.54) is 24.3 Å². The molecule has 1 saturated heterocycles. The van der Waals surface area contributed by atoms with Gasteiger partial charge in [0.2, 0.25) is 5.82 Å². The van der Waals surface area contributed by atoms with Crippen LogP contribution in [0.1, 0.15) is 42.1 Å². The zero-order chi connectivity index (χ0) is 21.8. The normalized spacial score (nSPS) is 17.2. The summed E-state index contributed by atoms with van der Waals surface area (Å²) in [5.74, 6) is -0.976. The van der Waals surface area contributed by atoms with Crippen LogP contribution in [0.4, 0.5) is 4.39 Å². The van der Waals surface area contributed by atoms with E-state index in [4.69, 9.17) is 9.26 Å². The third-order valence-electron chi connectivity index (χ3n) is 5.14. The molecule has 3 aromatic rings. The number of rotatable bonds is 5. The predicted octanol–water partition coefficient (Wildman–Crippen LogP) is 3.43. The molecule has 0 aliphatic carbocycles.